The predicted octanol–water partition coefficient (Wildman–Crippen LogP) is 2.38. The fourth-order valence-corrected chi connectivity index (χ4v) is 3.27. The lowest BCUT2D eigenvalue weighted by Crippen LogP contribution is -2.35. The number of imidazole rings is 1. The van der Waals surface area contributed by atoms with Crippen LogP contribution in [0.1, 0.15) is 38.4 Å². The average Bonchev–Trinajstić information content (AvgIpc) is 2.90. The standard InChI is InChI=1S/C14H25N3/c1-11-5-4-6-12(11)13(15-2)7-8-14-16-9-10-17(14)3/h9-13,15H,4-8H2,1-3H3. The molecule has 1 saturated carbocycles. The molecule has 1 N–H and O–H groups in total. The van der Waals surface area contributed by atoms with Crippen LogP contribution in [0.2, 0.25) is 0 Å². The Bertz CT molecular complexity index is 345. The Labute approximate surface area is 105 Å². The fraction of sp³-hybridized carbons (Fsp3) is 0.786. The number of hydrogen-bond donors (Lipinski definition) is 1. The van der Waals surface area contributed by atoms with E-state index < -0.39 is 0 Å². The van der Waals surface area contributed by atoms with Gasteiger partial charge in [0, 0.05) is 31.9 Å². The molecule has 0 bridgehead atoms. The monoisotopic (exact) mass is 235 g/mol. The van der Waals surface area contributed by atoms with Gasteiger partial charge < -0.3 is 9.88 Å². The highest BCUT2D eigenvalue weighted by molar-refractivity contribution is 4.93. The van der Waals surface area contributed by atoms with Crippen LogP contribution in [0.5, 0.6) is 0 Å². The summed E-state index contributed by atoms with van der Waals surface area (Å²) in [5, 5.41) is 3.52. The molecule has 3 nitrogen and oxygen atoms in total. The highest BCUT2D eigenvalue weighted by atomic mass is 15.0. The van der Waals surface area contributed by atoms with Gasteiger partial charge in [-0.15, -0.1) is 0 Å². The van der Waals surface area contributed by atoms with Crippen molar-refractivity contribution in [3.8, 4) is 0 Å². The normalized spacial score (nSPS) is 26.3. The maximum Gasteiger partial charge on any atom is 0.108 e. The molecule has 1 aliphatic rings. The number of nitrogens with one attached hydrogen (secondary N) is 1. The first-order valence-electron chi connectivity index (χ1n) is 6.86. The first kappa shape index (κ1) is 12.6. The van der Waals surface area contributed by atoms with Crippen LogP contribution < -0.4 is 5.32 Å². The minimum atomic E-state index is 0.657. The van der Waals surface area contributed by atoms with Gasteiger partial charge in [-0.25, -0.2) is 4.98 Å². The Balaban J connectivity index is 1.89. The molecule has 0 aromatic carbocycles. The zero-order valence-electron chi connectivity index (χ0n) is 11.3. The minimum absolute atomic E-state index is 0.657. The molecule has 0 saturated heterocycles. The molecule has 1 aromatic rings. The van der Waals surface area contributed by atoms with Gasteiger partial charge in [0.2, 0.25) is 0 Å². The number of aromatic nitrogens is 2. The molecule has 1 fully saturated rings. The number of rotatable bonds is 5. The molecule has 3 atom stereocenters. The van der Waals surface area contributed by atoms with Gasteiger partial charge in [0.05, 0.1) is 0 Å². The van der Waals surface area contributed by atoms with Crippen molar-refractivity contribution in [1.29, 1.82) is 0 Å². The van der Waals surface area contributed by atoms with E-state index in [1.807, 2.05) is 12.4 Å². The first-order valence-corrected chi connectivity index (χ1v) is 6.86. The number of nitrogens with zero attached hydrogens (tertiary/aromatic N) is 2. The third-order valence-electron chi connectivity index (χ3n) is 4.42. The van der Waals surface area contributed by atoms with Gasteiger partial charge in [-0.05, 0) is 31.7 Å². The van der Waals surface area contributed by atoms with E-state index in [4.69, 9.17) is 0 Å². The average molecular weight is 235 g/mol. The topological polar surface area (TPSA) is 29.9 Å². The summed E-state index contributed by atoms with van der Waals surface area (Å²) in [6, 6.07) is 0.657. The second-order valence-electron chi connectivity index (χ2n) is 5.46. The van der Waals surface area contributed by atoms with Crippen LogP contribution in [-0.2, 0) is 13.5 Å². The Hall–Kier alpha value is -0.830. The molecule has 1 aromatic heterocycles. The molecule has 0 amide bonds. The van der Waals surface area contributed by atoms with Crippen LogP contribution in [0.3, 0.4) is 0 Å². The smallest absolute Gasteiger partial charge is 0.108 e. The molecule has 1 aliphatic carbocycles. The van der Waals surface area contributed by atoms with Crippen molar-refractivity contribution >= 4 is 0 Å². The van der Waals surface area contributed by atoms with Crippen molar-refractivity contribution in [3.05, 3.63) is 18.2 Å². The summed E-state index contributed by atoms with van der Waals surface area (Å²) in [6.07, 6.45) is 10.4. The van der Waals surface area contributed by atoms with Crippen molar-refractivity contribution in [2.45, 2.75) is 45.1 Å². The Kier molecular flexibility index (Phi) is 4.21. The second kappa shape index (κ2) is 5.67. The quantitative estimate of drug-likeness (QED) is 0.849. The maximum atomic E-state index is 4.40. The molecule has 0 aliphatic heterocycles. The first-order chi connectivity index (χ1) is 8.22. The van der Waals surface area contributed by atoms with Crippen LogP contribution >= 0.6 is 0 Å². The zero-order chi connectivity index (χ0) is 12.3. The summed E-state index contributed by atoms with van der Waals surface area (Å²) < 4.78 is 2.13. The lowest BCUT2D eigenvalue weighted by Gasteiger charge is -2.26. The number of aryl methyl sites for hydroxylation is 2. The van der Waals surface area contributed by atoms with E-state index in [9.17, 15) is 0 Å². The largest absolute Gasteiger partial charge is 0.338 e. The third kappa shape index (κ3) is 2.89. The highest BCUT2D eigenvalue weighted by Gasteiger charge is 2.29. The summed E-state index contributed by atoms with van der Waals surface area (Å²) in [6.45, 7) is 2.41. The SMILES string of the molecule is CNC(CCc1nccn1C)C1CCCC1C. The summed E-state index contributed by atoms with van der Waals surface area (Å²) in [5.41, 5.74) is 0. The summed E-state index contributed by atoms with van der Waals surface area (Å²) in [5.74, 6) is 2.95. The molecular formula is C14H25N3. The van der Waals surface area contributed by atoms with Crippen molar-refractivity contribution < 1.29 is 0 Å². The van der Waals surface area contributed by atoms with Gasteiger partial charge in [-0.3, -0.25) is 0 Å². The van der Waals surface area contributed by atoms with Gasteiger partial charge in [0.15, 0.2) is 0 Å². The Morgan fingerprint density at radius 3 is 2.88 bits per heavy atom. The molecule has 17 heavy (non-hydrogen) atoms. The number of hydrogen-bond acceptors (Lipinski definition) is 2. The molecule has 0 spiro atoms. The molecule has 3 unspecified atom stereocenters. The van der Waals surface area contributed by atoms with Crippen molar-refractivity contribution in [3.63, 3.8) is 0 Å². The van der Waals surface area contributed by atoms with Crippen molar-refractivity contribution in [2.24, 2.45) is 18.9 Å². The summed E-state index contributed by atoms with van der Waals surface area (Å²) >= 11 is 0. The van der Waals surface area contributed by atoms with Gasteiger partial charge in [-0.1, -0.05) is 19.8 Å². The highest BCUT2D eigenvalue weighted by Crippen LogP contribution is 2.34. The van der Waals surface area contributed by atoms with Gasteiger partial charge in [0.1, 0.15) is 5.82 Å². The predicted molar refractivity (Wildman–Crippen MR) is 70.9 cm³/mol. The van der Waals surface area contributed by atoms with E-state index in [2.05, 4.69) is 35.9 Å². The van der Waals surface area contributed by atoms with E-state index in [1.54, 1.807) is 0 Å². The van der Waals surface area contributed by atoms with E-state index in [0.717, 1.165) is 18.3 Å². The molecule has 3 heteroatoms. The van der Waals surface area contributed by atoms with Gasteiger partial charge >= 0.3 is 0 Å². The van der Waals surface area contributed by atoms with Gasteiger partial charge in [-0.2, -0.15) is 0 Å². The molecular weight excluding hydrogens is 210 g/mol. The zero-order valence-corrected chi connectivity index (χ0v) is 11.3. The minimum Gasteiger partial charge on any atom is -0.338 e. The van der Waals surface area contributed by atoms with Crippen LogP contribution in [0.15, 0.2) is 12.4 Å². The molecule has 96 valence electrons. The van der Waals surface area contributed by atoms with E-state index in [-0.39, 0.29) is 0 Å². The van der Waals surface area contributed by atoms with Crippen LogP contribution in [0.25, 0.3) is 0 Å². The molecule has 2 rings (SSSR count). The lowest BCUT2D eigenvalue weighted by atomic mass is 9.87. The lowest BCUT2D eigenvalue weighted by molar-refractivity contribution is 0.295. The molecule has 0 radical (unpaired) electrons. The fourth-order valence-electron chi connectivity index (χ4n) is 3.27. The van der Waals surface area contributed by atoms with Crippen LogP contribution in [0, 0.1) is 11.8 Å². The summed E-state index contributed by atoms with van der Waals surface area (Å²) in [7, 11) is 4.18. The van der Waals surface area contributed by atoms with Gasteiger partial charge in [0.25, 0.3) is 0 Å². The summed E-state index contributed by atoms with van der Waals surface area (Å²) in [4.78, 5) is 4.40. The molecule has 1 heterocycles. The Morgan fingerprint density at radius 1 is 1.53 bits per heavy atom. The van der Waals surface area contributed by atoms with Crippen molar-refractivity contribution in [1.82, 2.24) is 14.9 Å². The third-order valence-corrected chi connectivity index (χ3v) is 4.42. The van der Waals surface area contributed by atoms with Crippen LogP contribution in [-0.4, -0.2) is 22.6 Å². The maximum absolute atomic E-state index is 4.40. The van der Waals surface area contributed by atoms with E-state index >= 15 is 0 Å². The van der Waals surface area contributed by atoms with Crippen molar-refractivity contribution in [2.75, 3.05) is 7.05 Å². The Morgan fingerprint density at radius 2 is 2.35 bits per heavy atom. The van der Waals surface area contributed by atoms with E-state index in [1.165, 1.54) is 31.5 Å². The van der Waals surface area contributed by atoms with Crippen LogP contribution in [0.4, 0.5) is 0 Å². The van der Waals surface area contributed by atoms with E-state index in [0.29, 0.717) is 6.04 Å². The second-order valence-corrected chi connectivity index (χ2v) is 5.46.